The monoisotopic (exact) mass is 233 g/mol. The van der Waals surface area contributed by atoms with Crippen LogP contribution in [-0.4, -0.2) is 22.3 Å². The molecule has 0 saturated carbocycles. The summed E-state index contributed by atoms with van der Waals surface area (Å²) in [6.07, 6.45) is 0.802. The highest BCUT2D eigenvalue weighted by Crippen LogP contribution is 2.12. The Morgan fingerprint density at radius 1 is 1.53 bits per heavy atom. The summed E-state index contributed by atoms with van der Waals surface area (Å²) >= 11 is 0. The number of hydrogen-bond donors (Lipinski definition) is 1. The van der Waals surface area contributed by atoms with Gasteiger partial charge in [-0.15, -0.1) is 0 Å². The van der Waals surface area contributed by atoms with Gasteiger partial charge in [0.25, 0.3) is 0 Å². The Balaban J connectivity index is 2.98. The zero-order valence-corrected chi connectivity index (χ0v) is 9.30. The van der Waals surface area contributed by atoms with Gasteiger partial charge in [0.2, 0.25) is 5.95 Å². The van der Waals surface area contributed by atoms with Crippen molar-refractivity contribution in [1.29, 1.82) is 10.5 Å². The van der Waals surface area contributed by atoms with Crippen LogP contribution in [0.3, 0.4) is 0 Å². The molecule has 0 spiro atoms. The van der Waals surface area contributed by atoms with Crippen LogP contribution >= 0.6 is 0 Å². The first-order valence-electron chi connectivity index (χ1n) is 5.01. The maximum absolute atomic E-state index is 11.6. The summed E-state index contributed by atoms with van der Waals surface area (Å²) in [4.78, 5) is 15.2. The number of unbranched alkanes of at least 4 members (excludes halogenated alkanes) is 1. The Bertz CT molecular complexity index is 506. The SMILES string of the molecule is CCCCOC(=O)n1c(N)nc(C#N)c1C#N. The van der Waals surface area contributed by atoms with Crippen molar-refractivity contribution in [2.24, 2.45) is 0 Å². The number of nitrogen functional groups attached to an aromatic ring is 1. The van der Waals surface area contributed by atoms with E-state index in [2.05, 4.69) is 4.98 Å². The van der Waals surface area contributed by atoms with Crippen molar-refractivity contribution in [2.75, 3.05) is 12.3 Å². The lowest BCUT2D eigenvalue weighted by molar-refractivity contribution is 0.146. The molecule has 2 N–H and O–H groups in total. The van der Waals surface area contributed by atoms with Gasteiger partial charge in [-0.2, -0.15) is 10.5 Å². The van der Waals surface area contributed by atoms with Gasteiger partial charge < -0.3 is 10.5 Å². The summed E-state index contributed by atoms with van der Waals surface area (Å²) in [6.45, 7) is 2.19. The summed E-state index contributed by atoms with van der Waals surface area (Å²) < 4.78 is 5.69. The topological polar surface area (TPSA) is 118 Å². The molecule has 17 heavy (non-hydrogen) atoms. The van der Waals surface area contributed by atoms with Crippen LogP contribution in [0.25, 0.3) is 0 Å². The third kappa shape index (κ3) is 2.52. The molecule has 0 radical (unpaired) electrons. The molecule has 0 aliphatic rings. The number of nitrogens with two attached hydrogens (primary N) is 1. The number of imidazole rings is 1. The quantitative estimate of drug-likeness (QED) is 0.778. The minimum absolute atomic E-state index is 0.183. The zero-order chi connectivity index (χ0) is 12.8. The molecule has 1 rings (SSSR count). The molecule has 0 atom stereocenters. The molecule has 0 aliphatic carbocycles. The first-order valence-corrected chi connectivity index (χ1v) is 5.01. The Labute approximate surface area is 98.0 Å². The van der Waals surface area contributed by atoms with Gasteiger partial charge in [0.1, 0.15) is 12.1 Å². The largest absolute Gasteiger partial charge is 0.449 e. The van der Waals surface area contributed by atoms with Crippen molar-refractivity contribution in [1.82, 2.24) is 9.55 Å². The van der Waals surface area contributed by atoms with E-state index in [9.17, 15) is 4.79 Å². The van der Waals surface area contributed by atoms with Crippen LogP contribution in [0.2, 0.25) is 0 Å². The second-order valence-electron chi connectivity index (χ2n) is 3.19. The van der Waals surface area contributed by atoms with Gasteiger partial charge in [-0.3, -0.25) is 0 Å². The van der Waals surface area contributed by atoms with Gasteiger partial charge in [-0.05, 0) is 6.42 Å². The van der Waals surface area contributed by atoms with E-state index in [-0.39, 0.29) is 23.9 Å². The third-order valence-electron chi connectivity index (χ3n) is 2.02. The second-order valence-corrected chi connectivity index (χ2v) is 3.19. The predicted molar refractivity (Wildman–Crippen MR) is 57.7 cm³/mol. The molecule has 7 heteroatoms. The van der Waals surface area contributed by atoms with Gasteiger partial charge in [0.05, 0.1) is 6.61 Å². The van der Waals surface area contributed by atoms with Crippen LogP contribution in [0.5, 0.6) is 0 Å². The highest BCUT2D eigenvalue weighted by Gasteiger charge is 2.21. The average Bonchev–Trinajstić information content (AvgIpc) is 2.65. The summed E-state index contributed by atoms with van der Waals surface area (Å²) in [5, 5.41) is 17.5. The Morgan fingerprint density at radius 3 is 2.76 bits per heavy atom. The first kappa shape index (κ1) is 12.5. The normalized spacial score (nSPS) is 9.35. The first-order chi connectivity index (χ1) is 8.15. The van der Waals surface area contributed by atoms with Crippen LogP contribution in [0.4, 0.5) is 10.7 Å². The molecule has 88 valence electrons. The Hall–Kier alpha value is -2.54. The molecule has 0 saturated heterocycles. The Morgan fingerprint density at radius 2 is 2.24 bits per heavy atom. The average molecular weight is 233 g/mol. The number of aromatic nitrogens is 2. The summed E-state index contributed by atoms with van der Waals surface area (Å²) in [5.74, 6) is -0.223. The number of nitriles is 2. The lowest BCUT2D eigenvalue weighted by atomic mass is 10.3. The third-order valence-corrected chi connectivity index (χ3v) is 2.02. The maximum Gasteiger partial charge on any atom is 0.422 e. The Kier molecular flexibility index (Phi) is 4.07. The van der Waals surface area contributed by atoms with Crippen molar-refractivity contribution >= 4 is 12.0 Å². The molecule has 0 amide bonds. The fourth-order valence-electron chi connectivity index (χ4n) is 1.17. The summed E-state index contributed by atoms with van der Waals surface area (Å²) in [6, 6.07) is 3.39. The predicted octanol–water partition coefficient (Wildman–Crippen LogP) is 0.993. The molecule has 0 aromatic carbocycles. The molecular formula is C10H11N5O2. The van der Waals surface area contributed by atoms with Crippen molar-refractivity contribution in [2.45, 2.75) is 19.8 Å². The van der Waals surface area contributed by atoms with E-state index in [0.717, 1.165) is 11.0 Å². The van der Waals surface area contributed by atoms with E-state index < -0.39 is 6.09 Å². The zero-order valence-electron chi connectivity index (χ0n) is 9.30. The molecule has 1 aromatic rings. The van der Waals surface area contributed by atoms with Crippen LogP contribution in [-0.2, 0) is 4.74 Å². The minimum Gasteiger partial charge on any atom is -0.449 e. The molecule has 0 aliphatic heterocycles. The number of nitrogens with zero attached hydrogens (tertiary/aromatic N) is 4. The van der Waals surface area contributed by atoms with Crippen LogP contribution in [0.1, 0.15) is 31.2 Å². The molecule has 1 heterocycles. The summed E-state index contributed by atoms with van der Waals surface area (Å²) in [7, 11) is 0. The van der Waals surface area contributed by atoms with Crippen LogP contribution < -0.4 is 5.73 Å². The van der Waals surface area contributed by atoms with E-state index >= 15 is 0 Å². The van der Waals surface area contributed by atoms with Gasteiger partial charge in [0, 0.05) is 0 Å². The lowest BCUT2D eigenvalue weighted by Gasteiger charge is -2.05. The van der Waals surface area contributed by atoms with Crippen molar-refractivity contribution in [3.63, 3.8) is 0 Å². The number of ether oxygens (including phenoxy) is 1. The van der Waals surface area contributed by atoms with Crippen molar-refractivity contribution in [3.05, 3.63) is 11.4 Å². The van der Waals surface area contributed by atoms with Crippen LogP contribution in [0.15, 0.2) is 0 Å². The fraction of sp³-hybridized carbons (Fsp3) is 0.400. The highest BCUT2D eigenvalue weighted by atomic mass is 16.5. The van der Waals surface area contributed by atoms with Crippen molar-refractivity contribution in [3.8, 4) is 12.1 Å². The minimum atomic E-state index is -0.790. The molecule has 0 unspecified atom stereocenters. The maximum atomic E-state index is 11.6. The van der Waals surface area contributed by atoms with Crippen molar-refractivity contribution < 1.29 is 9.53 Å². The number of carbonyl (C=O) groups is 1. The fourth-order valence-corrected chi connectivity index (χ4v) is 1.17. The smallest absolute Gasteiger partial charge is 0.422 e. The van der Waals surface area contributed by atoms with Crippen LogP contribution in [0, 0.1) is 22.7 Å². The molecule has 1 aromatic heterocycles. The number of anilines is 1. The summed E-state index contributed by atoms with van der Waals surface area (Å²) in [5.41, 5.74) is 5.06. The molecule has 0 fully saturated rings. The standard InChI is InChI=1S/C10H11N5O2/c1-2-3-4-17-10(16)15-8(6-12)7(5-11)14-9(15)13/h2-4H2,1H3,(H2,13,14). The highest BCUT2D eigenvalue weighted by molar-refractivity contribution is 5.76. The number of carbonyl (C=O) groups excluding carboxylic acids is 1. The van der Waals surface area contributed by atoms with E-state index in [4.69, 9.17) is 21.0 Å². The molecular weight excluding hydrogens is 222 g/mol. The molecule has 0 bridgehead atoms. The molecule has 7 nitrogen and oxygen atoms in total. The number of rotatable bonds is 3. The van der Waals surface area contributed by atoms with Gasteiger partial charge >= 0.3 is 6.09 Å². The van der Waals surface area contributed by atoms with Gasteiger partial charge in [-0.25, -0.2) is 14.3 Å². The van der Waals surface area contributed by atoms with Gasteiger partial charge in [-0.1, -0.05) is 13.3 Å². The lowest BCUT2D eigenvalue weighted by Crippen LogP contribution is -2.18. The van der Waals surface area contributed by atoms with E-state index in [1.807, 2.05) is 6.92 Å². The second kappa shape index (κ2) is 5.52. The van der Waals surface area contributed by atoms with E-state index in [1.165, 1.54) is 0 Å². The van der Waals surface area contributed by atoms with E-state index in [1.54, 1.807) is 12.1 Å². The van der Waals surface area contributed by atoms with E-state index in [0.29, 0.717) is 6.42 Å². The van der Waals surface area contributed by atoms with Gasteiger partial charge in [0.15, 0.2) is 11.4 Å². The number of hydrogen-bond acceptors (Lipinski definition) is 6.